The van der Waals surface area contributed by atoms with E-state index in [4.69, 9.17) is 5.10 Å². The van der Waals surface area contributed by atoms with Crippen molar-refractivity contribution >= 4 is 11.9 Å². The van der Waals surface area contributed by atoms with Crippen LogP contribution in [0.1, 0.15) is 58.3 Å². The molecule has 3 N–H and O–H groups in total. The number of guanidine groups is 1. The van der Waals surface area contributed by atoms with Gasteiger partial charge in [-0.15, -0.1) is 0 Å². The minimum absolute atomic E-state index is 0.0444. The lowest BCUT2D eigenvalue weighted by molar-refractivity contribution is -0.121. The van der Waals surface area contributed by atoms with Crippen molar-refractivity contribution in [1.29, 1.82) is 0 Å². The zero-order valence-corrected chi connectivity index (χ0v) is 16.3. The number of aromatic nitrogens is 2. The average Bonchev–Trinajstić information content (AvgIpc) is 2.93. The molecule has 0 fully saturated rings. The van der Waals surface area contributed by atoms with Crippen molar-refractivity contribution in [2.45, 2.75) is 71.5 Å². The molecule has 1 heterocycles. The second kappa shape index (κ2) is 7.89. The monoisotopic (exact) mass is 348 g/mol. The first-order valence-corrected chi connectivity index (χ1v) is 9.03. The fraction of sp³-hybridized carbons (Fsp3) is 0.722. The van der Waals surface area contributed by atoms with E-state index in [1.165, 1.54) is 11.3 Å². The minimum atomic E-state index is -0.231. The van der Waals surface area contributed by atoms with Gasteiger partial charge in [-0.05, 0) is 53.0 Å². The van der Waals surface area contributed by atoms with Gasteiger partial charge >= 0.3 is 0 Å². The number of hydrogen-bond acceptors (Lipinski definition) is 3. The van der Waals surface area contributed by atoms with Crippen molar-refractivity contribution in [1.82, 2.24) is 25.7 Å². The van der Waals surface area contributed by atoms with Crippen molar-refractivity contribution in [2.24, 2.45) is 4.99 Å². The van der Waals surface area contributed by atoms with Crippen LogP contribution >= 0.6 is 0 Å². The van der Waals surface area contributed by atoms with Gasteiger partial charge in [0.1, 0.15) is 0 Å². The summed E-state index contributed by atoms with van der Waals surface area (Å²) in [4.78, 5) is 16.2. The van der Waals surface area contributed by atoms with E-state index >= 15 is 0 Å². The highest BCUT2D eigenvalue weighted by Crippen LogP contribution is 2.21. The summed E-state index contributed by atoms with van der Waals surface area (Å²) in [5.41, 5.74) is 2.28. The highest BCUT2D eigenvalue weighted by Gasteiger charge is 2.23. The molecule has 1 aliphatic rings. The van der Waals surface area contributed by atoms with Gasteiger partial charge in [0.2, 0.25) is 5.91 Å². The Morgan fingerprint density at radius 2 is 2.16 bits per heavy atom. The normalized spacial score (nSPS) is 18.0. The number of hydrogen-bond donors (Lipinski definition) is 3. The number of aliphatic imine (C=N–C) groups is 1. The molecule has 0 aliphatic heterocycles. The molecule has 7 heteroatoms. The summed E-state index contributed by atoms with van der Waals surface area (Å²) in [5, 5.41) is 14.1. The molecule has 0 spiro atoms. The lowest BCUT2D eigenvalue weighted by Crippen LogP contribution is -2.50. The highest BCUT2D eigenvalue weighted by molar-refractivity contribution is 5.86. The van der Waals surface area contributed by atoms with Crippen molar-refractivity contribution < 1.29 is 4.79 Å². The van der Waals surface area contributed by atoms with E-state index in [-0.39, 0.29) is 24.0 Å². The third-order valence-corrected chi connectivity index (χ3v) is 4.12. The quantitative estimate of drug-likeness (QED) is 0.567. The van der Waals surface area contributed by atoms with Gasteiger partial charge in [-0.3, -0.25) is 14.5 Å². The third-order valence-electron chi connectivity index (χ3n) is 4.12. The molecule has 0 bridgehead atoms. The number of carbonyl (C=O) groups is 1. The van der Waals surface area contributed by atoms with E-state index in [1.807, 2.05) is 25.5 Å². The zero-order chi connectivity index (χ0) is 18.6. The van der Waals surface area contributed by atoms with Gasteiger partial charge in [-0.2, -0.15) is 5.10 Å². The molecule has 25 heavy (non-hydrogen) atoms. The second-order valence-electron chi connectivity index (χ2n) is 7.98. The Morgan fingerprint density at radius 3 is 2.76 bits per heavy atom. The molecule has 1 aliphatic carbocycles. The van der Waals surface area contributed by atoms with Gasteiger partial charge in [0.05, 0.1) is 12.2 Å². The molecule has 1 atom stereocenters. The minimum Gasteiger partial charge on any atom is -0.353 e. The Balaban J connectivity index is 1.87. The van der Waals surface area contributed by atoms with Crippen LogP contribution in [0, 0.1) is 0 Å². The van der Waals surface area contributed by atoms with E-state index < -0.39 is 0 Å². The van der Waals surface area contributed by atoms with Gasteiger partial charge in [0.15, 0.2) is 5.96 Å². The second-order valence-corrected chi connectivity index (χ2v) is 7.98. The molecule has 0 radical (unpaired) electrons. The third kappa shape index (κ3) is 5.76. The largest absolute Gasteiger partial charge is 0.353 e. The van der Waals surface area contributed by atoms with Crippen LogP contribution in [0.4, 0.5) is 0 Å². The summed E-state index contributed by atoms with van der Waals surface area (Å²) >= 11 is 0. The fourth-order valence-electron chi connectivity index (χ4n) is 2.91. The van der Waals surface area contributed by atoms with Crippen LogP contribution in [-0.4, -0.2) is 46.8 Å². The molecular weight excluding hydrogens is 316 g/mol. The number of fused-ring (bicyclic) bond motifs is 1. The summed E-state index contributed by atoms with van der Waals surface area (Å²) in [6.07, 6.45) is 5.09. The molecule has 1 unspecified atom stereocenters. The van der Waals surface area contributed by atoms with Crippen LogP contribution in [-0.2, 0) is 17.6 Å². The Labute approximate surface area is 150 Å². The average molecular weight is 348 g/mol. The van der Waals surface area contributed by atoms with Gasteiger partial charge in [-0.25, -0.2) is 0 Å². The Morgan fingerprint density at radius 1 is 1.44 bits per heavy atom. The maximum absolute atomic E-state index is 11.9. The van der Waals surface area contributed by atoms with Gasteiger partial charge < -0.3 is 16.0 Å². The lowest BCUT2D eigenvalue weighted by Gasteiger charge is -2.25. The summed E-state index contributed by atoms with van der Waals surface area (Å²) < 4.78 is 2.04. The molecular formula is C18H32N6O. The van der Waals surface area contributed by atoms with E-state index in [0.717, 1.165) is 19.3 Å². The maximum atomic E-state index is 11.9. The van der Waals surface area contributed by atoms with E-state index in [9.17, 15) is 4.79 Å². The van der Waals surface area contributed by atoms with Crippen LogP contribution in [0.25, 0.3) is 0 Å². The van der Waals surface area contributed by atoms with Gasteiger partial charge in [0, 0.05) is 37.3 Å². The molecule has 2 rings (SSSR count). The van der Waals surface area contributed by atoms with Gasteiger partial charge in [0.25, 0.3) is 0 Å². The number of amides is 1. The van der Waals surface area contributed by atoms with Crippen LogP contribution in [0.15, 0.2) is 11.2 Å². The molecule has 1 aromatic heterocycles. The Bertz CT molecular complexity index is 626. The molecule has 1 amide bonds. The Hall–Kier alpha value is -2.05. The van der Waals surface area contributed by atoms with Crippen molar-refractivity contribution in [3.8, 4) is 0 Å². The van der Waals surface area contributed by atoms with Crippen molar-refractivity contribution in [2.75, 3.05) is 13.6 Å². The standard InChI is InChI=1S/C18H32N6O/c1-12(2)24-11-13-7-8-14(9-15(13)23-24)21-17(19-6)20-10-16(25)22-18(3,4)5/h11-12,14H,7-10H2,1-6H3,(H,22,25)(H2,19,20,21). The molecule has 0 aromatic carbocycles. The van der Waals surface area contributed by atoms with Gasteiger partial charge in [-0.1, -0.05) is 0 Å². The first kappa shape index (κ1) is 19.3. The number of carbonyl (C=O) groups excluding carboxylic acids is 1. The summed E-state index contributed by atoms with van der Waals surface area (Å²) in [6.45, 7) is 10.4. The van der Waals surface area contributed by atoms with E-state index in [1.54, 1.807) is 7.05 Å². The number of nitrogens with one attached hydrogen (secondary N) is 3. The zero-order valence-electron chi connectivity index (χ0n) is 16.3. The maximum Gasteiger partial charge on any atom is 0.239 e. The Kier molecular flexibility index (Phi) is 6.08. The van der Waals surface area contributed by atoms with Crippen molar-refractivity contribution in [3.63, 3.8) is 0 Å². The van der Waals surface area contributed by atoms with Crippen LogP contribution in [0.2, 0.25) is 0 Å². The van der Waals surface area contributed by atoms with Crippen LogP contribution in [0.5, 0.6) is 0 Å². The summed E-state index contributed by atoms with van der Waals surface area (Å²) in [7, 11) is 1.72. The molecule has 0 saturated carbocycles. The summed E-state index contributed by atoms with van der Waals surface area (Å²) in [6, 6.07) is 0.660. The SMILES string of the molecule is CN=C(NCC(=O)NC(C)(C)C)NC1CCc2cn(C(C)C)nc2C1. The number of aryl methyl sites for hydroxylation is 1. The molecule has 1 aromatic rings. The van der Waals surface area contributed by atoms with E-state index in [2.05, 4.69) is 41.0 Å². The van der Waals surface area contributed by atoms with Crippen LogP contribution in [0.3, 0.4) is 0 Å². The van der Waals surface area contributed by atoms with Crippen LogP contribution < -0.4 is 16.0 Å². The molecule has 7 nitrogen and oxygen atoms in total. The summed E-state index contributed by atoms with van der Waals surface area (Å²) in [5.74, 6) is 0.609. The number of rotatable bonds is 4. The van der Waals surface area contributed by atoms with Crippen molar-refractivity contribution in [3.05, 3.63) is 17.5 Å². The molecule has 140 valence electrons. The smallest absolute Gasteiger partial charge is 0.239 e. The van der Waals surface area contributed by atoms with E-state index in [0.29, 0.717) is 12.0 Å². The topological polar surface area (TPSA) is 83.3 Å². The highest BCUT2D eigenvalue weighted by atomic mass is 16.2. The fourth-order valence-corrected chi connectivity index (χ4v) is 2.91. The predicted molar refractivity (Wildman–Crippen MR) is 101 cm³/mol. The molecule has 0 saturated heterocycles. The lowest BCUT2D eigenvalue weighted by atomic mass is 9.94. The first-order valence-electron chi connectivity index (χ1n) is 9.03. The first-order chi connectivity index (χ1) is 11.7. The number of nitrogens with zero attached hydrogens (tertiary/aromatic N) is 3. The predicted octanol–water partition coefficient (Wildman–Crippen LogP) is 1.40.